The van der Waals surface area contributed by atoms with Crippen LogP contribution in [0.25, 0.3) is 0 Å². The minimum absolute atomic E-state index is 0.0351. The molecule has 0 heterocycles. The predicted molar refractivity (Wildman–Crippen MR) is 53.0 cm³/mol. The number of rotatable bonds is 4. The van der Waals surface area contributed by atoms with Crippen molar-refractivity contribution in [2.45, 2.75) is 32.6 Å². The Balaban J connectivity index is 2.21. The van der Waals surface area contributed by atoms with Gasteiger partial charge in [0.05, 0.1) is 6.42 Å². The average molecular weight is 199 g/mol. The summed E-state index contributed by atoms with van der Waals surface area (Å²) in [5.74, 6) is -0.241. The normalized spacial score (nSPS) is 19.9. The van der Waals surface area contributed by atoms with Gasteiger partial charge >= 0.3 is 0 Å². The molecule has 1 aliphatic carbocycles. The van der Waals surface area contributed by atoms with Crippen LogP contribution in [0, 0.1) is 5.41 Å². The SMILES string of the molecule is CC1(CNC(=O)CC(N)=NO)CCC1. The molecule has 0 aromatic rings. The third-order valence-electron chi connectivity index (χ3n) is 2.74. The van der Waals surface area contributed by atoms with Gasteiger partial charge in [0, 0.05) is 6.54 Å². The Bertz CT molecular complexity index is 246. The number of nitrogens with zero attached hydrogens (tertiary/aromatic N) is 1. The van der Waals surface area contributed by atoms with Crippen LogP contribution in [0.2, 0.25) is 0 Å². The lowest BCUT2D eigenvalue weighted by Gasteiger charge is -2.38. The molecule has 1 fully saturated rings. The van der Waals surface area contributed by atoms with Crippen molar-refractivity contribution in [3.05, 3.63) is 0 Å². The standard InChI is InChI=1S/C9H17N3O2/c1-9(3-2-4-9)6-11-8(13)5-7(10)12-14/h14H,2-6H2,1H3,(H2,10,12)(H,11,13). The molecule has 80 valence electrons. The fourth-order valence-electron chi connectivity index (χ4n) is 1.53. The Morgan fingerprint density at radius 1 is 1.64 bits per heavy atom. The van der Waals surface area contributed by atoms with Gasteiger partial charge in [0.25, 0.3) is 0 Å². The van der Waals surface area contributed by atoms with E-state index in [2.05, 4.69) is 17.4 Å². The van der Waals surface area contributed by atoms with E-state index in [1.54, 1.807) is 0 Å². The number of carbonyl (C=O) groups is 1. The minimum Gasteiger partial charge on any atom is -0.409 e. The number of amides is 1. The zero-order valence-corrected chi connectivity index (χ0v) is 8.42. The van der Waals surface area contributed by atoms with Crippen LogP contribution in [-0.4, -0.2) is 23.5 Å². The van der Waals surface area contributed by atoms with E-state index in [0.717, 1.165) is 12.8 Å². The molecular formula is C9H17N3O2. The van der Waals surface area contributed by atoms with Gasteiger partial charge in [0.1, 0.15) is 5.84 Å². The van der Waals surface area contributed by atoms with Gasteiger partial charge in [-0.3, -0.25) is 4.79 Å². The van der Waals surface area contributed by atoms with Crippen LogP contribution in [0.3, 0.4) is 0 Å². The molecule has 5 nitrogen and oxygen atoms in total. The quantitative estimate of drug-likeness (QED) is 0.265. The third kappa shape index (κ3) is 2.90. The van der Waals surface area contributed by atoms with Crippen molar-refractivity contribution in [2.75, 3.05) is 6.54 Å². The van der Waals surface area contributed by atoms with Gasteiger partial charge in [-0.15, -0.1) is 0 Å². The molecule has 0 unspecified atom stereocenters. The van der Waals surface area contributed by atoms with Crippen LogP contribution in [-0.2, 0) is 4.79 Å². The van der Waals surface area contributed by atoms with E-state index in [0.29, 0.717) is 6.54 Å². The zero-order chi connectivity index (χ0) is 10.6. The lowest BCUT2D eigenvalue weighted by Crippen LogP contribution is -2.40. The largest absolute Gasteiger partial charge is 0.409 e. The third-order valence-corrected chi connectivity index (χ3v) is 2.74. The van der Waals surface area contributed by atoms with Crippen molar-refractivity contribution in [1.82, 2.24) is 5.32 Å². The predicted octanol–water partition coefficient (Wildman–Crippen LogP) is 0.429. The minimum atomic E-state index is -0.187. The Morgan fingerprint density at radius 3 is 2.71 bits per heavy atom. The molecule has 5 heteroatoms. The summed E-state index contributed by atoms with van der Waals surface area (Å²) >= 11 is 0. The second-order valence-electron chi connectivity index (χ2n) is 4.21. The number of amidine groups is 1. The van der Waals surface area contributed by atoms with E-state index >= 15 is 0 Å². The molecule has 0 aromatic heterocycles. The fourth-order valence-corrected chi connectivity index (χ4v) is 1.53. The average Bonchev–Trinajstić information content (AvgIpc) is 2.11. The molecule has 1 rings (SSSR count). The molecule has 0 aliphatic heterocycles. The monoisotopic (exact) mass is 199 g/mol. The highest BCUT2D eigenvalue weighted by atomic mass is 16.4. The van der Waals surface area contributed by atoms with E-state index in [1.807, 2.05) is 0 Å². The number of hydrogen-bond donors (Lipinski definition) is 3. The number of carbonyl (C=O) groups excluding carboxylic acids is 1. The summed E-state index contributed by atoms with van der Waals surface area (Å²) < 4.78 is 0. The summed E-state index contributed by atoms with van der Waals surface area (Å²) in [5, 5.41) is 13.8. The number of nitrogens with one attached hydrogen (secondary N) is 1. The number of oxime groups is 1. The molecule has 0 bridgehead atoms. The number of hydrogen-bond acceptors (Lipinski definition) is 3. The van der Waals surface area contributed by atoms with Crippen molar-refractivity contribution >= 4 is 11.7 Å². The van der Waals surface area contributed by atoms with Crippen LogP contribution in [0.4, 0.5) is 0 Å². The van der Waals surface area contributed by atoms with Crippen LogP contribution < -0.4 is 11.1 Å². The number of nitrogens with two attached hydrogens (primary N) is 1. The fraction of sp³-hybridized carbons (Fsp3) is 0.778. The van der Waals surface area contributed by atoms with Crippen molar-refractivity contribution in [3.63, 3.8) is 0 Å². The summed E-state index contributed by atoms with van der Waals surface area (Å²) in [6.45, 7) is 2.84. The Kier molecular flexibility index (Phi) is 3.33. The maximum Gasteiger partial charge on any atom is 0.227 e. The smallest absolute Gasteiger partial charge is 0.227 e. The molecule has 14 heavy (non-hydrogen) atoms. The van der Waals surface area contributed by atoms with Crippen LogP contribution in [0.15, 0.2) is 5.16 Å². The molecule has 0 spiro atoms. The Hall–Kier alpha value is -1.26. The van der Waals surface area contributed by atoms with Crippen molar-refractivity contribution < 1.29 is 10.0 Å². The van der Waals surface area contributed by atoms with Gasteiger partial charge in [-0.1, -0.05) is 18.5 Å². The Morgan fingerprint density at radius 2 is 2.29 bits per heavy atom. The lowest BCUT2D eigenvalue weighted by molar-refractivity contribution is -0.120. The summed E-state index contributed by atoms with van der Waals surface area (Å²) in [6.07, 6.45) is 3.53. The molecule has 0 atom stereocenters. The van der Waals surface area contributed by atoms with E-state index < -0.39 is 0 Å². The van der Waals surface area contributed by atoms with Gasteiger partial charge in [-0.25, -0.2) is 0 Å². The van der Waals surface area contributed by atoms with Crippen molar-refractivity contribution in [3.8, 4) is 0 Å². The molecule has 4 N–H and O–H groups in total. The second kappa shape index (κ2) is 4.30. The lowest BCUT2D eigenvalue weighted by atomic mass is 9.70. The highest BCUT2D eigenvalue weighted by molar-refractivity contribution is 5.98. The van der Waals surface area contributed by atoms with Crippen molar-refractivity contribution in [2.24, 2.45) is 16.3 Å². The molecule has 1 amide bonds. The summed E-state index contributed by atoms with van der Waals surface area (Å²) in [5.41, 5.74) is 5.46. The molecule has 0 radical (unpaired) electrons. The van der Waals surface area contributed by atoms with Gasteiger partial charge in [-0.2, -0.15) is 0 Å². The maximum atomic E-state index is 11.2. The first-order valence-electron chi connectivity index (χ1n) is 4.79. The maximum absolute atomic E-state index is 11.2. The summed E-state index contributed by atoms with van der Waals surface area (Å²) in [7, 11) is 0. The highest BCUT2D eigenvalue weighted by Gasteiger charge is 2.31. The highest BCUT2D eigenvalue weighted by Crippen LogP contribution is 2.39. The molecule has 0 aromatic carbocycles. The van der Waals surface area contributed by atoms with Gasteiger partial charge in [0.2, 0.25) is 5.91 Å². The van der Waals surface area contributed by atoms with Crippen LogP contribution in [0.1, 0.15) is 32.6 Å². The van der Waals surface area contributed by atoms with Gasteiger partial charge in [-0.05, 0) is 18.3 Å². The topological polar surface area (TPSA) is 87.7 Å². The first kappa shape index (κ1) is 10.8. The van der Waals surface area contributed by atoms with E-state index in [1.165, 1.54) is 6.42 Å². The second-order valence-corrected chi connectivity index (χ2v) is 4.21. The summed E-state index contributed by atoms with van der Waals surface area (Å²) in [6, 6.07) is 0. The zero-order valence-electron chi connectivity index (χ0n) is 8.42. The van der Waals surface area contributed by atoms with Crippen LogP contribution in [0.5, 0.6) is 0 Å². The Labute approximate surface area is 83.3 Å². The van der Waals surface area contributed by atoms with Crippen molar-refractivity contribution in [1.29, 1.82) is 0 Å². The van der Waals surface area contributed by atoms with Gasteiger partial charge < -0.3 is 16.3 Å². The van der Waals surface area contributed by atoms with E-state index in [9.17, 15) is 4.79 Å². The first-order valence-corrected chi connectivity index (χ1v) is 4.79. The van der Waals surface area contributed by atoms with E-state index in [4.69, 9.17) is 10.9 Å². The van der Waals surface area contributed by atoms with Gasteiger partial charge in [0.15, 0.2) is 0 Å². The molecular weight excluding hydrogens is 182 g/mol. The molecule has 1 aliphatic rings. The molecule has 0 saturated heterocycles. The van der Waals surface area contributed by atoms with Crippen LogP contribution >= 0.6 is 0 Å². The van der Waals surface area contributed by atoms with E-state index in [-0.39, 0.29) is 23.6 Å². The molecule has 1 saturated carbocycles. The summed E-state index contributed by atoms with van der Waals surface area (Å²) in [4.78, 5) is 11.2. The first-order chi connectivity index (χ1) is 6.56.